The lowest BCUT2D eigenvalue weighted by atomic mass is 9.81. The summed E-state index contributed by atoms with van der Waals surface area (Å²) in [4.78, 5) is 41.3. The van der Waals surface area contributed by atoms with Gasteiger partial charge >= 0.3 is 0 Å². The van der Waals surface area contributed by atoms with Gasteiger partial charge in [0.2, 0.25) is 5.91 Å². The molecule has 1 aromatic carbocycles. The highest BCUT2D eigenvalue weighted by molar-refractivity contribution is 6.21. The molecule has 1 saturated carbocycles. The molecule has 3 fully saturated rings. The van der Waals surface area contributed by atoms with Gasteiger partial charge in [-0.1, -0.05) is 31.4 Å². The Morgan fingerprint density at radius 1 is 0.929 bits per heavy atom. The van der Waals surface area contributed by atoms with E-state index < -0.39 is 5.72 Å². The number of carbonyl (C=O) groups is 3. The topological polar surface area (TPSA) is 66.9 Å². The third-order valence-corrected chi connectivity index (χ3v) is 7.08. The fourth-order valence-corrected chi connectivity index (χ4v) is 5.76. The average Bonchev–Trinajstić information content (AvgIpc) is 3.29. The van der Waals surface area contributed by atoms with Crippen LogP contribution < -0.4 is 0 Å². The Balaban J connectivity index is 1.29. The van der Waals surface area contributed by atoms with Crippen molar-refractivity contribution >= 4 is 17.7 Å². The molecule has 1 atom stereocenters. The van der Waals surface area contributed by atoms with Gasteiger partial charge in [-0.2, -0.15) is 0 Å². The molecule has 3 aliphatic heterocycles. The summed E-state index contributed by atoms with van der Waals surface area (Å²) in [5.41, 5.74) is 0.317. The van der Waals surface area contributed by atoms with Crippen molar-refractivity contribution in [3.8, 4) is 0 Å². The SMILES string of the molecule is O=C1c2ccccc2C(=O)N1CCC[C@]12CCC(=O)N1C1(CCCCC1)CO2. The highest BCUT2D eigenvalue weighted by Crippen LogP contribution is 2.51. The van der Waals surface area contributed by atoms with Gasteiger partial charge in [0.25, 0.3) is 11.8 Å². The predicted molar refractivity (Wildman–Crippen MR) is 102 cm³/mol. The first kappa shape index (κ1) is 17.9. The summed E-state index contributed by atoms with van der Waals surface area (Å²) in [5.74, 6) is -0.220. The molecule has 0 radical (unpaired) electrons. The summed E-state index contributed by atoms with van der Waals surface area (Å²) in [6.45, 7) is 0.998. The predicted octanol–water partition coefficient (Wildman–Crippen LogP) is 3.11. The first-order valence-corrected chi connectivity index (χ1v) is 10.5. The van der Waals surface area contributed by atoms with Crippen molar-refractivity contribution in [3.63, 3.8) is 0 Å². The van der Waals surface area contributed by atoms with Crippen molar-refractivity contribution in [2.24, 2.45) is 0 Å². The monoisotopic (exact) mass is 382 g/mol. The molecule has 2 saturated heterocycles. The normalized spacial score (nSPS) is 28.4. The molecule has 0 unspecified atom stereocenters. The smallest absolute Gasteiger partial charge is 0.261 e. The van der Waals surface area contributed by atoms with Crippen LogP contribution in [0.2, 0.25) is 0 Å². The number of rotatable bonds is 4. The second-order valence-corrected chi connectivity index (χ2v) is 8.66. The van der Waals surface area contributed by atoms with Gasteiger partial charge in [0.15, 0.2) is 0 Å². The molecule has 3 amide bonds. The number of amides is 3. The van der Waals surface area contributed by atoms with E-state index in [9.17, 15) is 14.4 Å². The van der Waals surface area contributed by atoms with Crippen molar-refractivity contribution in [1.29, 1.82) is 0 Å². The Morgan fingerprint density at radius 2 is 1.61 bits per heavy atom. The van der Waals surface area contributed by atoms with Crippen LogP contribution in [0.25, 0.3) is 0 Å². The van der Waals surface area contributed by atoms with Gasteiger partial charge in [0.05, 0.1) is 23.3 Å². The van der Waals surface area contributed by atoms with E-state index >= 15 is 0 Å². The summed E-state index contributed by atoms with van der Waals surface area (Å²) in [5, 5.41) is 0. The van der Waals surface area contributed by atoms with E-state index in [1.165, 1.54) is 11.3 Å². The zero-order valence-corrected chi connectivity index (χ0v) is 16.1. The Labute approximate surface area is 164 Å². The quantitative estimate of drug-likeness (QED) is 0.751. The van der Waals surface area contributed by atoms with E-state index in [-0.39, 0.29) is 23.3 Å². The van der Waals surface area contributed by atoms with Gasteiger partial charge in [-0.25, -0.2) is 0 Å². The van der Waals surface area contributed by atoms with Crippen LogP contribution in [-0.2, 0) is 9.53 Å². The fraction of sp³-hybridized carbons (Fsp3) is 0.591. The summed E-state index contributed by atoms with van der Waals surface area (Å²) < 4.78 is 6.33. The second kappa shape index (κ2) is 6.41. The molecule has 148 valence electrons. The first-order valence-electron chi connectivity index (χ1n) is 10.5. The molecule has 0 bridgehead atoms. The second-order valence-electron chi connectivity index (χ2n) is 8.66. The minimum absolute atomic E-state index is 0.124. The van der Waals surface area contributed by atoms with E-state index in [1.54, 1.807) is 24.3 Å². The molecule has 6 heteroatoms. The molecule has 0 N–H and O–H groups in total. The zero-order valence-electron chi connectivity index (χ0n) is 16.1. The number of benzene rings is 1. The van der Waals surface area contributed by atoms with Gasteiger partial charge in [-0.15, -0.1) is 0 Å². The van der Waals surface area contributed by atoms with Crippen LogP contribution in [0.4, 0.5) is 0 Å². The van der Waals surface area contributed by atoms with Gasteiger partial charge in [-0.3, -0.25) is 19.3 Å². The third kappa shape index (κ3) is 2.47. The Hall–Kier alpha value is -2.21. The van der Waals surface area contributed by atoms with Crippen molar-refractivity contribution < 1.29 is 19.1 Å². The molecule has 1 aliphatic carbocycles. The maximum atomic E-state index is 12.7. The van der Waals surface area contributed by atoms with Crippen LogP contribution in [0.3, 0.4) is 0 Å². The summed E-state index contributed by atoms with van der Waals surface area (Å²) in [6, 6.07) is 6.98. The number of hydrogen-bond acceptors (Lipinski definition) is 4. The minimum atomic E-state index is -0.535. The highest BCUT2D eigenvalue weighted by Gasteiger charge is 2.60. The van der Waals surface area contributed by atoms with Crippen LogP contribution in [0, 0.1) is 0 Å². The van der Waals surface area contributed by atoms with E-state index in [4.69, 9.17) is 4.74 Å². The van der Waals surface area contributed by atoms with E-state index in [0.29, 0.717) is 43.5 Å². The number of nitrogens with zero attached hydrogens (tertiary/aromatic N) is 2. The lowest BCUT2D eigenvalue weighted by Crippen LogP contribution is -2.54. The van der Waals surface area contributed by atoms with Crippen LogP contribution in [-0.4, -0.2) is 51.9 Å². The van der Waals surface area contributed by atoms with Crippen LogP contribution >= 0.6 is 0 Å². The maximum absolute atomic E-state index is 12.7. The van der Waals surface area contributed by atoms with E-state index in [0.717, 1.165) is 32.1 Å². The average molecular weight is 382 g/mol. The molecule has 1 aromatic rings. The molecule has 4 aliphatic rings. The molecular weight excluding hydrogens is 356 g/mol. The van der Waals surface area contributed by atoms with E-state index in [1.807, 2.05) is 0 Å². The zero-order chi connectivity index (χ0) is 19.4. The summed E-state index contributed by atoms with van der Waals surface area (Å²) in [7, 11) is 0. The standard InChI is InChI=1S/C22H26N2O4/c25-18-9-13-22(24(18)21(15-28-22)10-4-1-5-11-21)12-6-14-23-19(26)16-7-2-3-8-17(16)20(23)27/h2-3,7-8H,1,4-6,9-15H2/t22-/m0/s1. The van der Waals surface area contributed by atoms with Gasteiger partial charge in [0.1, 0.15) is 5.72 Å². The third-order valence-electron chi connectivity index (χ3n) is 7.08. The minimum Gasteiger partial charge on any atom is -0.353 e. The number of ether oxygens (including phenoxy) is 1. The van der Waals surface area contributed by atoms with Crippen molar-refractivity contribution in [1.82, 2.24) is 9.80 Å². The molecule has 1 spiro atoms. The van der Waals surface area contributed by atoms with Crippen molar-refractivity contribution in [3.05, 3.63) is 35.4 Å². The first-order chi connectivity index (χ1) is 13.6. The van der Waals surface area contributed by atoms with E-state index in [2.05, 4.69) is 4.90 Å². The number of hydrogen-bond donors (Lipinski definition) is 0. The number of fused-ring (bicyclic) bond motifs is 3. The molecule has 0 aromatic heterocycles. The number of imide groups is 1. The lowest BCUT2D eigenvalue weighted by molar-refractivity contribution is -0.144. The summed E-state index contributed by atoms with van der Waals surface area (Å²) >= 11 is 0. The Bertz CT molecular complexity index is 810. The van der Waals surface area contributed by atoms with Gasteiger partial charge in [0, 0.05) is 19.4 Å². The number of carbonyl (C=O) groups excluding carboxylic acids is 3. The molecule has 3 heterocycles. The Kier molecular flexibility index (Phi) is 4.09. The maximum Gasteiger partial charge on any atom is 0.261 e. The lowest BCUT2D eigenvalue weighted by Gasteiger charge is -2.43. The van der Waals surface area contributed by atoms with Crippen LogP contribution in [0.15, 0.2) is 24.3 Å². The van der Waals surface area contributed by atoms with Crippen LogP contribution in [0.5, 0.6) is 0 Å². The van der Waals surface area contributed by atoms with Crippen LogP contribution in [0.1, 0.15) is 78.5 Å². The molecule has 5 rings (SSSR count). The molecular formula is C22H26N2O4. The fourth-order valence-electron chi connectivity index (χ4n) is 5.76. The van der Waals surface area contributed by atoms with Crippen molar-refractivity contribution in [2.75, 3.05) is 13.2 Å². The molecule has 28 heavy (non-hydrogen) atoms. The van der Waals surface area contributed by atoms with Crippen molar-refractivity contribution in [2.45, 2.75) is 69.1 Å². The van der Waals surface area contributed by atoms with Gasteiger partial charge in [-0.05, 0) is 37.8 Å². The Morgan fingerprint density at radius 3 is 2.29 bits per heavy atom. The largest absolute Gasteiger partial charge is 0.353 e. The highest BCUT2D eigenvalue weighted by atomic mass is 16.5. The summed E-state index contributed by atoms with van der Waals surface area (Å²) in [6.07, 6.45) is 8.16. The molecule has 6 nitrogen and oxygen atoms in total. The van der Waals surface area contributed by atoms with Gasteiger partial charge < -0.3 is 9.64 Å².